The molecule has 2 amide bonds. The van der Waals surface area contributed by atoms with Gasteiger partial charge >= 0.3 is 0 Å². The van der Waals surface area contributed by atoms with Gasteiger partial charge in [0, 0.05) is 29.8 Å². The Kier molecular flexibility index (Phi) is 5.80. The maximum Gasteiger partial charge on any atom is 0.251 e. The summed E-state index contributed by atoms with van der Waals surface area (Å²) < 4.78 is 5.80. The van der Waals surface area contributed by atoms with Crippen LogP contribution in [0.2, 0.25) is 0 Å². The number of rotatable bonds is 4. The third-order valence-corrected chi connectivity index (χ3v) is 8.03. The second-order valence-electron chi connectivity index (χ2n) is 9.99. The number of nitrogens with zero attached hydrogens (tertiary/aromatic N) is 1. The minimum absolute atomic E-state index is 0.00227. The second-order valence-corrected chi connectivity index (χ2v) is 9.99. The molecule has 2 N–H and O–H groups in total. The molecule has 2 aliphatic heterocycles. The third kappa shape index (κ3) is 4.01. The Morgan fingerprint density at radius 3 is 2.54 bits per heavy atom. The van der Waals surface area contributed by atoms with Crippen LogP contribution in [0, 0.1) is 11.8 Å². The quantitative estimate of drug-likeness (QED) is 0.542. The van der Waals surface area contributed by atoms with E-state index in [0.29, 0.717) is 5.56 Å². The monoisotopic (exact) mass is 469 g/mol. The Hall–Kier alpha value is -3.54. The molecular formula is C29H31N3O3. The Morgan fingerprint density at radius 2 is 1.71 bits per heavy atom. The van der Waals surface area contributed by atoms with E-state index >= 15 is 0 Å². The number of amides is 2. The lowest BCUT2D eigenvalue weighted by Gasteiger charge is -2.41. The first-order valence-corrected chi connectivity index (χ1v) is 12.8. The summed E-state index contributed by atoms with van der Waals surface area (Å²) in [4.78, 5) is 29.1. The number of fused-ring (bicyclic) bond motifs is 3. The van der Waals surface area contributed by atoms with E-state index < -0.39 is 0 Å². The Balaban J connectivity index is 1.27. The van der Waals surface area contributed by atoms with E-state index in [0.717, 1.165) is 50.1 Å². The van der Waals surface area contributed by atoms with Gasteiger partial charge in [-0.05, 0) is 55.2 Å². The fraction of sp³-hybridized carbons (Fsp3) is 0.379. The molecule has 1 aliphatic carbocycles. The first-order chi connectivity index (χ1) is 17.2. The van der Waals surface area contributed by atoms with Crippen molar-refractivity contribution in [3.05, 3.63) is 89.9 Å². The molecule has 0 spiro atoms. The summed E-state index contributed by atoms with van der Waals surface area (Å²) in [6, 6.07) is 21.4. The maximum absolute atomic E-state index is 14.1. The molecule has 35 heavy (non-hydrogen) atoms. The van der Waals surface area contributed by atoms with E-state index in [1.54, 1.807) is 6.26 Å². The summed E-state index contributed by atoms with van der Waals surface area (Å²) in [5.74, 6) is 1.03. The number of para-hydroxylation sites is 1. The molecular weight excluding hydrogens is 438 g/mol. The number of hydrogen-bond donors (Lipinski definition) is 2. The molecule has 3 aliphatic rings. The normalized spacial score (nSPS) is 27.4. The highest BCUT2D eigenvalue weighted by molar-refractivity contribution is 5.94. The van der Waals surface area contributed by atoms with Crippen molar-refractivity contribution in [1.82, 2.24) is 10.2 Å². The Labute approximate surface area is 205 Å². The van der Waals surface area contributed by atoms with Crippen molar-refractivity contribution in [2.75, 3.05) is 11.9 Å². The molecule has 6 heteroatoms. The summed E-state index contributed by atoms with van der Waals surface area (Å²) in [5.41, 5.74) is 2.87. The molecule has 2 aromatic carbocycles. The van der Waals surface area contributed by atoms with E-state index in [9.17, 15) is 9.59 Å². The SMILES string of the molecule is O=C(NC1CCCC[C@@H]1C(=O)N1CC[C@H]2[C@@H](c3ccco3)Nc3ccccc3[C@H]21)c1ccccc1. The average Bonchev–Trinajstić information content (AvgIpc) is 3.60. The summed E-state index contributed by atoms with van der Waals surface area (Å²) in [7, 11) is 0. The molecule has 0 radical (unpaired) electrons. The fourth-order valence-corrected chi connectivity index (χ4v) is 6.38. The van der Waals surface area contributed by atoms with E-state index in [-0.39, 0.29) is 41.8 Å². The zero-order chi connectivity index (χ0) is 23.8. The lowest BCUT2D eigenvalue weighted by atomic mass is 9.80. The summed E-state index contributed by atoms with van der Waals surface area (Å²) >= 11 is 0. The first-order valence-electron chi connectivity index (χ1n) is 12.8. The summed E-state index contributed by atoms with van der Waals surface area (Å²) in [6.07, 6.45) is 6.33. The van der Waals surface area contributed by atoms with Crippen LogP contribution in [0.3, 0.4) is 0 Å². The van der Waals surface area contributed by atoms with Gasteiger partial charge in [0.1, 0.15) is 5.76 Å². The van der Waals surface area contributed by atoms with Crippen molar-refractivity contribution in [2.45, 2.75) is 50.2 Å². The van der Waals surface area contributed by atoms with Crippen LogP contribution in [-0.2, 0) is 4.79 Å². The number of likely N-dealkylation sites (tertiary alicyclic amines) is 1. The standard InChI is InChI=1S/C29H31N3O3/c33-28(19-9-2-1-3-10-19)31-24-14-7-5-12-21(24)29(34)32-17-16-22-26(25-15-8-18-35-25)30-23-13-6-4-11-20(23)27(22)32/h1-4,6,8-11,13,15,18,21-22,24,26-27,30H,5,7,12,14,16-17H2,(H,31,33)/t21-,22-,24?,26-,27+/m0/s1. The van der Waals surface area contributed by atoms with Gasteiger partial charge in [0.25, 0.3) is 5.91 Å². The lowest BCUT2D eigenvalue weighted by Crippen LogP contribution is -2.50. The van der Waals surface area contributed by atoms with Crippen LogP contribution in [0.5, 0.6) is 0 Å². The van der Waals surface area contributed by atoms with Crippen LogP contribution >= 0.6 is 0 Å². The fourth-order valence-electron chi connectivity index (χ4n) is 6.38. The topological polar surface area (TPSA) is 74.6 Å². The minimum Gasteiger partial charge on any atom is -0.467 e. The molecule has 5 atom stereocenters. The van der Waals surface area contributed by atoms with Crippen LogP contribution < -0.4 is 10.6 Å². The van der Waals surface area contributed by atoms with E-state index in [2.05, 4.69) is 33.7 Å². The number of furan rings is 1. The van der Waals surface area contributed by atoms with Gasteiger partial charge in [0.15, 0.2) is 0 Å². The summed E-state index contributed by atoms with van der Waals surface area (Å²) in [5, 5.41) is 6.87. The number of anilines is 1. The molecule has 3 heterocycles. The number of carbonyl (C=O) groups excluding carboxylic acids is 2. The highest BCUT2D eigenvalue weighted by Crippen LogP contribution is 2.51. The molecule has 3 aromatic rings. The number of benzene rings is 2. The van der Waals surface area contributed by atoms with Crippen molar-refractivity contribution in [3.8, 4) is 0 Å². The zero-order valence-electron chi connectivity index (χ0n) is 19.7. The Morgan fingerprint density at radius 1 is 0.914 bits per heavy atom. The van der Waals surface area contributed by atoms with E-state index in [1.807, 2.05) is 48.5 Å². The average molecular weight is 470 g/mol. The van der Waals surface area contributed by atoms with Gasteiger partial charge in [-0.3, -0.25) is 9.59 Å². The smallest absolute Gasteiger partial charge is 0.251 e. The van der Waals surface area contributed by atoms with Crippen LogP contribution in [0.4, 0.5) is 5.69 Å². The maximum atomic E-state index is 14.1. The molecule has 1 unspecified atom stereocenters. The van der Waals surface area contributed by atoms with E-state index in [4.69, 9.17) is 4.42 Å². The van der Waals surface area contributed by atoms with Crippen molar-refractivity contribution in [2.24, 2.45) is 11.8 Å². The molecule has 6 rings (SSSR count). The number of hydrogen-bond acceptors (Lipinski definition) is 4. The van der Waals surface area contributed by atoms with E-state index in [1.165, 1.54) is 5.56 Å². The van der Waals surface area contributed by atoms with Gasteiger partial charge in [-0.1, -0.05) is 49.2 Å². The second kappa shape index (κ2) is 9.25. The summed E-state index contributed by atoms with van der Waals surface area (Å²) in [6.45, 7) is 0.719. The molecule has 1 aromatic heterocycles. The molecule has 2 fully saturated rings. The molecule has 0 bridgehead atoms. The minimum atomic E-state index is -0.195. The van der Waals surface area contributed by atoms with Crippen LogP contribution in [0.15, 0.2) is 77.4 Å². The lowest BCUT2D eigenvalue weighted by molar-refractivity contribution is -0.138. The van der Waals surface area contributed by atoms with Gasteiger partial charge in [-0.15, -0.1) is 0 Å². The van der Waals surface area contributed by atoms with Crippen molar-refractivity contribution >= 4 is 17.5 Å². The van der Waals surface area contributed by atoms with Gasteiger partial charge in [0.05, 0.1) is 24.3 Å². The Bertz CT molecular complexity index is 1190. The van der Waals surface area contributed by atoms with Crippen molar-refractivity contribution in [1.29, 1.82) is 0 Å². The van der Waals surface area contributed by atoms with Gasteiger partial charge < -0.3 is 20.0 Å². The van der Waals surface area contributed by atoms with Crippen LogP contribution in [0.1, 0.15) is 65.9 Å². The molecule has 180 valence electrons. The molecule has 1 saturated carbocycles. The highest BCUT2D eigenvalue weighted by atomic mass is 16.3. The third-order valence-electron chi connectivity index (χ3n) is 8.03. The van der Waals surface area contributed by atoms with Gasteiger partial charge in [0.2, 0.25) is 5.91 Å². The van der Waals surface area contributed by atoms with Gasteiger partial charge in [-0.25, -0.2) is 0 Å². The predicted molar refractivity (Wildman–Crippen MR) is 134 cm³/mol. The van der Waals surface area contributed by atoms with Crippen molar-refractivity contribution in [3.63, 3.8) is 0 Å². The van der Waals surface area contributed by atoms with Crippen molar-refractivity contribution < 1.29 is 14.0 Å². The molecule has 1 saturated heterocycles. The number of carbonyl (C=O) groups is 2. The first kappa shape index (κ1) is 22.0. The number of nitrogens with one attached hydrogen (secondary N) is 2. The van der Waals surface area contributed by atoms with Crippen LogP contribution in [0.25, 0.3) is 0 Å². The zero-order valence-corrected chi connectivity index (χ0v) is 19.7. The highest BCUT2D eigenvalue weighted by Gasteiger charge is 2.49. The van der Waals surface area contributed by atoms with Crippen LogP contribution in [-0.4, -0.2) is 29.3 Å². The largest absolute Gasteiger partial charge is 0.467 e. The van der Waals surface area contributed by atoms with Gasteiger partial charge in [-0.2, -0.15) is 0 Å². The predicted octanol–water partition coefficient (Wildman–Crippen LogP) is 5.32. The molecule has 6 nitrogen and oxygen atoms in total.